The molecule has 0 aliphatic carbocycles. The van der Waals surface area contributed by atoms with Crippen LogP contribution in [0.25, 0.3) is 45.2 Å². The molecule has 0 saturated heterocycles. The number of benzene rings is 3. The summed E-state index contributed by atoms with van der Waals surface area (Å²) in [6, 6.07) is 27.9. The highest BCUT2D eigenvalue weighted by atomic mass is 16.5. The Labute approximate surface area is 235 Å². The summed E-state index contributed by atoms with van der Waals surface area (Å²) < 4.78 is 22.9. The number of aromatic nitrogens is 2. The minimum absolute atomic E-state index is 0.718. The summed E-state index contributed by atoms with van der Waals surface area (Å²) in [5.41, 5.74) is 5.41. The molecule has 0 amide bonds. The van der Waals surface area contributed by atoms with Crippen molar-refractivity contribution in [1.29, 1.82) is 0 Å². The summed E-state index contributed by atoms with van der Waals surface area (Å²) in [5.74, 6) is 3.18. The van der Waals surface area contributed by atoms with Gasteiger partial charge in [0.25, 0.3) is 0 Å². The molecule has 0 aliphatic heterocycles. The Morgan fingerprint density at radius 1 is 0.500 bits per heavy atom. The van der Waals surface area contributed by atoms with Crippen molar-refractivity contribution in [2.24, 2.45) is 0 Å². The lowest BCUT2D eigenvalue weighted by molar-refractivity contribution is 0.306. The fraction of sp³-hybridized carbons (Fsp3) is 0.294. The van der Waals surface area contributed by atoms with Gasteiger partial charge in [0.15, 0.2) is 11.5 Å². The summed E-state index contributed by atoms with van der Waals surface area (Å²) in [6.45, 7) is 5.86. The SMILES string of the molecule is CCCCCOc1ccc(-c2cc(-c3ccc(-c4cc(-c5ccc(OCCCCC)cc5)on4)cc3)no2)cc1. The maximum absolute atomic E-state index is 5.81. The second-order valence-corrected chi connectivity index (χ2v) is 9.89. The molecule has 2 heterocycles. The van der Waals surface area contributed by atoms with Gasteiger partial charge in [-0.05, 0) is 61.4 Å². The van der Waals surface area contributed by atoms with Crippen LogP contribution in [0, 0.1) is 0 Å². The molecule has 2 aromatic heterocycles. The molecule has 0 spiro atoms. The fourth-order valence-corrected chi connectivity index (χ4v) is 4.42. The molecule has 206 valence electrons. The average molecular weight is 537 g/mol. The predicted molar refractivity (Wildman–Crippen MR) is 158 cm³/mol. The molecular weight excluding hydrogens is 500 g/mol. The Hall–Kier alpha value is -4.32. The monoisotopic (exact) mass is 536 g/mol. The number of ether oxygens (including phenoxy) is 2. The normalized spacial score (nSPS) is 11.1. The lowest BCUT2D eigenvalue weighted by Crippen LogP contribution is -1.96. The first-order valence-corrected chi connectivity index (χ1v) is 14.2. The number of unbranched alkanes of at least 4 members (excludes halogenated alkanes) is 4. The molecule has 0 radical (unpaired) electrons. The molecule has 0 atom stereocenters. The van der Waals surface area contributed by atoms with Crippen LogP contribution in [-0.2, 0) is 0 Å². The van der Waals surface area contributed by atoms with Crippen molar-refractivity contribution in [3.05, 3.63) is 84.9 Å². The molecule has 6 heteroatoms. The summed E-state index contributed by atoms with van der Waals surface area (Å²) in [4.78, 5) is 0. The topological polar surface area (TPSA) is 70.5 Å². The van der Waals surface area contributed by atoms with Gasteiger partial charge >= 0.3 is 0 Å². The van der Waals surface area contributed by atoms with Gasteiger partial charge in [-0.15, -0.1) is 0 Å². The molecule has 0 unspecified atom stereocenters. The Balaban J connectivity index is 1.20. The second-order valence-electron chi connectivity index (χ2n) is 9.89. The third kappa shape index (κ3) is 7.00. The van der Waals surface area contributed by atoms with Crippen LogP contribution in [0.1, 0.15) is 52.4 Å². The van der Waals surface area contributed by atoms with E-state index in [1.807, 2.05) is 84.9 Å². The zero-order chi connectivity index (χ0) is 27.6. The number of hydrogen-bond acceptors (Lipinski definition) is 6. The number of nitrogens with zero attached hydrogens (tertiary/aromatic N) is 2. The van der Waals surface area contributed by atoms with Gasteiger partial charge in [-0.3, -0.25) is 0 Å². The first kappa shape index (κ1) is 27.3. The maximum atomic E-state index is 5.81. The first-order valence-electron chi connectivity index (χ1n) is 14.2. The smallest absolute Gasteiger partial charge is 0.167 e. The van der Waals surface area contributed by atoms with E-state index in [0.717, 1.165) is 82.7 Å². The van der Waals surface area contributed by atoms with E-state index in [0.29, 0.717) is 0 Å². The molecule has 6 nitrogen and oxygen atoms in total. The van der Waals surface area contributed by atoms with Crippen LogP contribution in [-0.4, -0.2) is 23.5 Å². The van der Waals surface area contributed by atoms with E-state index in [4.69, 9.17) is 18.5 Å². The molecule has 0 aliphatic rings. The molecule has 0 fully saturated rings. The van der Waals surface area contributed by atoms with Gasteiger partial charge in [0.1, 0.15) is 22.9 Å². The third-order valence-electron chi connectivity index (χ3n) is 6.81. The molecule has 3 aromatic carbocycles. The molecular formula is C34H36N2O4. The van der Waals surface area contributed by atoms with Crippen LogP contribution in [0.15, 0.2) is 94.0 Å². The number of rotatable bonds is 14. The van der Waals surface area contributed by atoms with Gasteiger partial charge < -0.3 is 18.5 Å². The minimum atomic E-state index is 0.718. The minimum Gasteiger partial charge on any atom is -0.494 e. The summed E-state index contributed by atoms with van der Waals surface area (Å²) in [5, 5.41) is 8.57. The van der Waals surface area contributed by atoms with Gasteiger partial charge in [0.05, 0.1) is 13.2 Å². The molecule has 0 N–H and O–H groups in total. The van der Waals surface area contributed by atoms with Crippen LogP contribution in [0.3, 0.4) is 0 Å². The van der Waals surface area contributed by atoms with E-state index >= 15 is 0 Å². The molecule has 40 heavy (non-hydrogen) atoms. The first-order chi connectivity index (χ1) is 19.7. The predicted octanol–water partition coefficient (Wildman–Crippen LogP) is 9.47. The van der Waals surface area contributed by atoms with Gasteiger partial charge in [-0.2, -0.15) is 0 Å². The van der Waals surface area contributed by atoms with Crippen LogP contribution >= 0.6 is 0 Å². The fourth-order valence-electron chi connectivity index (χ4n) is 4.42. The summed E-state index contributed by atoms with van der Waals surface area (Å²) >= 11 is 0. The lowest BCUT2D eigenvalue weighted by Gasteiger charge is -2.05. The Bertz CT molecular complexity index is 1340. The highest BCUT2D eigenvalue weighted by molar-refractivity contribution is 5.72. The van der Waals surface area contributed by atoms with Crippen molar-refractivity contribution < 1.29 is 18.5 Å². The van der Waals surface area contributed by atoms with Gasteiger partial charge in [0, 0.05) is 34.4 Å². The molecule has 0 saturated carbocycles. The van der Waals surface area contributed by atoms with Crippen molar-refractivity contribution in [2.45, 2.75) is 52.4 Å². The Kier molecular flexibility index (Phi) is 9.30. The van der Waals surface area contributed by atoms with Crippen molar-refractivity contribution in [3.63, 3.8) is 0 Å². The summed E-state index contributed by atoms with van der Waals surface area (Å²) in [7, 11) is 0. The van der Waals surface area contributed by atoms with Crippen molar-refractivity contribution in [2.75, 3.05) is 13.2 Å². The number of hydrogen-bond donors (Lipinski definition) is 0. The Morgan fingerprint density at radius 2 is 0.875 bits per heavy atom. The zero-order valence-electron chi connectivity index (χ0n) is 23.3. The highest BCUT2D eigenvalue weighted by Crippen LogP contribution is 2.31. The Morgan fingerprint density at radius 3 is 1.25 bits per heavy atom. The van der Waals surface area contributed by atoms with Gasteiger partial charge in [-0.25, -0.2) is 0 Å². The van der Waals surface area contributed by atoms with Crippen LogP contribution in [0.4, 0.5) is 0 Å². The van der Waals surface area contributed by atoms with Crippen LogP contribution < -0.4 is 9.47 Å². The lowest BCUT2D eigenvalue weighted by atomic mass is 10.1. The zero-order valence-corrected chi connectivity index (χ0v) is 23.3. The highest BCUT2D eigenvalue weighted by Gasteiger charge is 2.12. The largest absolute Gasteiger partial charge is 0.494 e. The van der Waals surface area contributed by atoms with E-state index in [1.165, 1.54) is 25.7 Å². The standard InChI is InChI=1S/C34H36N2O4/c1-3-5-7-21-37-29-17-13-27(14-18-29)33-23-31(35-39-33)25-9-11-26(12-10-25)32-24-34(40-36-32)28-15-19-30(20-16-28)38-22-8-6-4-2/h9-20,23-24H,3-8,21-22H2,1-2H3. The molecule has 5 aromatic rings. The van der Waals surface area contributed by atoms with E-state index in [9.17, 15) is 0 Å². The van der Waals surface area contributed by atoms with E-state index < -0.39 is 0 Å². The van der Waals surface area contributed by atoms with Crippen LogP contribution in [0.2, 0.25) is 0 Å². The van der Waals surface area contributed by atoms with Gasteiger partial charge in [-0.1, -0.05) is 74.1 Å². The maximum Gasteiger partial charge on any atom is 0.167 e. The van der Waals surface area contributed by atoms with E-state index in [-0.39, 0.29) is 0 Å². The van der Waals surface area contributed by atoms with Crippen molar-refractivity contribution >= 4 is 0 Å². The quantitative estimate of drug-likeness (QED) is 0.132. The van der Waals surface area contributed by atoms with Crippen molar-refractivity contribution in [3.8, 4) is 56.7 Å². The van der Waals surface area contributed by atoms with E-state index in [2.05, 4.69) is 24.2 Å². The molecule has 5 rings (SSSR count). The second kappa shape index (κ2) is 13.7. The molecule has 0 bridgehead atoms. The third-order valence-corrected chi connectivity index (χ3v) is 6.81. The average Bonchev–Trinajstić information content (AvgIpc) is 3.70. The summed E-state index contributed by atoms with van der Waals surface area (Å²) in [6.07, 6.45) is 6.88. The van der Waals surface area contributed by atoms with Crippen molar-refractivity contribution in [1.82, 2.24) is 10.3 Å². The van der Waals surface area contributed by atoms with E-state index in [1.54, 1.807) is 0 Å². The van der Waals surface area contributed by atoms with Gasteiger partial charge in [0.2, 0.25) is 0 Å². The van der Waals surface area contributed by atoms with Crippen LogP contribution in [0.5, 0.6) is 11.5 Å².